The van der Waals surface area contributed by atoms with Crippen LogP contribution in [-0.2, 0) is 0 Å². The lowest BCUT2D eigenvalue weighted by Gasteiger charge is -2.06. The van der Waals surface area contributed by atoms with E-state index < -0.39 is 0 Å². The number of hydrogen-bond donors (Lipinski definition) is 1. The van der Waals surface area contributed by atoms with Crippen LogP contribution in [0.1, 0.15) is 0 Å². The molecule has 1 heterocycles. The fraction of sp³-hybridized carbons (Fsp3) is 0. The molecule has 3 nitrogen and oxygen atoms in total. The van der Waals surface area contributed by atoms with Crippen LogP contribution in [0.5, 0.6) is 0 Å². The molecule has 2 aromatic carbocycles. The average molecular weight is 297 g/mol. The standard InChI is InChI=1S/C16H12FN3S/c17-12-6-8-13(9-7-12)21-15-10-14(18)19-16(20-15)11-4-2-1-3-5-11/h1-10H,(H2,18,19,20). The fourth-order valence-electron chi connectivity index (χ4n) is 1.83. The van der Waals surface area contributed by atoms with Gasteiger partial charge >= 0.3 is 0 Å². The molecule has 21 heavy (non-hydrogen) atoms. The second kappa shape index (κ2) is 5.93. The highest BCUT2D eigenvalue weighted by Gasteiger charge is 2.06. The minimum atomic E-state index is -0.258. The minimum absolute atomic E-state index is 0.258. The maximum absolute atomic E-state index is 12.9. The lowest BCUT2D eigenvalue weighted by Crippen LogP contribution is -1.97. The van der Waals surface area contributed by atoms with Gasteiger partial charge in [0.05, 0.1) is 0 Å². The molecule has 0 saturated heterocycles. The quantitative estimate of drug-likeness (QED) is 0.742. The molecule has 0 bridgehead atoms. The normalized spacial score (nSPS) is 10.5. The lowest BCUT2D eigenvalue weighted by molar-refractivity contribution is 0.626. The summed E-state index contributed by atoms with van der Waals surface area (Å²) in [6.07, 6.45) is 0. The van der Waals surface area contributed by atoms with Gasteiger partial charge in [-0.3, -0.25) is 0 Å². The number of aromatic nitrogens is 2. The third-order valence-electron chi connectivity index (χ3n) is 2.79. The summed E-state index contributed by atoms with van der Waals surface area (Å²) < 4.78 is 12.9. The molecule has 104 valence electrons. The number of nitrogens with zero attached hydrogens (tertiary/aromatic N) is 2. The number of nitrogen functional groups attached to an aromatic ring is 1. The summed E-state index contributed by atoms with van der Waals surface area (Å²) in [5, 5.41) is 0.730. The Morgan fingerprint density at radius 2 is 1.62 bits per heavy atom. The Hall–Kier alpha value is -2.40. The van der Waals surface area contributed by atoms with Crippen molar-refractivity contribution >= 4 is 17.6 Å². The van der Waals surface area contributed by atoms with Crippen LogP contribution in [0.25, 0.3) is 11.4 Å². The highest BCUT2D eigenvalue weighted by Crippen LogP contribution is 2.28. The SMILES string of the molecule is Nc1cc(Sc2ccc(F)cc2)nc(-c2ccccc2)n1. The van der Waals surface area contributed by atoms with Crippen molar-refractivity contribution in [3.8, 4) is 11.4 Å². The monoisotopic (exact) mass is 297 g/mol. The van der Waals surface area contributed by atoms with Crippen LogP contribution in [0, 0.1) is 5.82 Å². The van der Waals surface area contributed by atoms with E-state index in [1.807, 2.05) is 30.3 Å². The van der Waals surface area contributed by atoms with Gasteiger partial charge in [0.15, 0.2) is 5.82 Å². The van der Waals surface area contributed by atoms with Crippen molar-refractivity contribution in [1.29, 1.82) is 0 Å². The molecule has 0 aliphatic carbocycles. The molecule has 0 aliphatic heterocycles. The minimum Gasteiger partial charge on any atom is -0.384 e. The second-order valence-electron chi connectivity index (χ2n) is 4.38. The molecule has 0 atom stereocenters. The van der Waals surface area contributed by atoms with Gasteiger partial charge in [0, 0.05) is 16.5 Å². The third-order valence-corrected chi connectivity index (χ3v) is 3.72. The van der Waals surface area contributed by atoms with Gasteiger partial charge in [-0.05, 0) is 24.3 Å². The zero-order valence-electron chi connectivity index (χ0n) is 11.0. The summed E-state index contributed by atoms with van der Waals surface area (Å²) in [7, 11) is 0. The van der Waals surface area contributed by atoms with E-state index in [1.165, 1.54) is 23.9 Å². The number of anilines is 1. The largest absolute Gasteiger partial charge is 0.384 e. The highest BCUT2D eigenvalue weighted by atomic mass is 32.2. The smallest absolute Gasteiger partial charge is 0.162 e. The summed E-state index contributed by atoms with van der Waals surface area (Å²) in [6.45, 7) is 0. The van der Waals surface area contributed by atoms with Crippen molar-refractivity contribution in [3.05, 3.63) is 66.5 Å². The molecule has 3 aromatic rings. The molecular weight excluding hydrogens is 285 g/mol. The Morgan fingerprint density at radius 1 is 0.905 bits per heavy atom. The predicted octanol–water partition coefficient (Wildman–Crippen LogP) is 4.02. The van der Waals surface area contributed by atoms with Gasteiger partial charge in [0.25, 0.3) is 0 Å². The van der Waals surface area contributed by atoms with Gasteiger partial charge in [-0.2, -0.15) is 0 Å². The summed E-state index contributed by atoms with van der Waals surface area (Å²) in [5.74, 6) is 0.736. The van der Waals surface area contributed by atoms with Crippen LogP contribution in [0.15, 0.2) is 70.6 Å². The molecule has 0 unspecified atom stereocenters. The molecule has 0 aliphatic rings. The van der Waals surface area contributed by atoms with Crippen LogP contribution >= 0.6 is 11.8 Å². The zero-order valence-corrected chi connectivity index (χ0v) is 11.8. The highest BCUT2D eigenvalue weighted by molar-refractivity contribution is 7.99. The van der Waals surface area contributed by atoms with E-state index in [0.717, 1.165) is 15.5 Å². The Bertz CT molecular complexity index is 745. The number of nitrogens with two attached hydrogens (primary N) is 1. The van der Waals surface area contributed by atoms with Crippen molar-refractivity contribution in [3.63, 3.8) is 0 Å². The van der Waals surface area contributed by atoms with E-state index in [1.54, 1.807) is 18.2 Å². The van der Waals surface area contributed by atoms with Crippen LogP contribution in [-0.4, -0.2) is 9.97 Å². The Kier molecular flexibility index (Phi) is 3.83. The summed E-state index contributed by atoms with van der Waals surface area (Å²) >= 11 is 1.42. The van der Waals surface area contributed by atoms with Crippen molar-refractivity contribution < 1.29 is 4.39 Å². The van der Waals surface area contributed by atoms with Crippen molar-refractivity contribution in [2.75, 3.05) is 5.73 Å². The van der Waals surface area contributed by atoms with Crippen molar-refractivity contribution in [2.24, 2.45) is 0 Å². The molecule has 0 saturated carbocycles. The van der Waals surface area contributed by atoms with Crippen LogP contribution in [0.4, 0.5) is 10.2 Å². The Morgan fingerprint density at radius 3 is 2.33 bits per heavy atom. The number of hydrogen-bond acceptors (Lipinski definition) is 4. The first-order valence-electron chi connectivity index (χ1n) is 6.34. The van der Waals surface area contributed by atoms with Gasteiger partial charge < -0.3 is 5.73 Å². The van der Waals surface area contributed by atoms with Crippen LogP contribution < -0.4 is 5.73 Å². The zero-order chi connectivity index (χ0) is 14.7. The van der Waals surface area contributed by atoms with Crippen molar-refractivity contribution in [1.82, 2.24) is 9.97 Å². The van der Waals surface area contributed by atoms with E-state index in [0.29, 0.717) is 11.6 Å². The van der Waals surface area contributed by atoms with Gasteiger partial charge in [0.2, 0.25) is 0 Å². The summed E-state index contributed by atoms with van der Waals surface area (Å²) in [4.78, 5) is 9.65. The molecule has 0 amide bonds. The Balaban J connectivity index is 1.93. The van der Waals surface area contributed by atoms with Gasteiger partial charge in [-0.1, -0.05) is 42.1 Å². The van der Waals surface area contributed by atoms with Crippen molar-refractivity contribution in [2.45, 2.75) is 9.92 Å². The second-order valence-corrected chi connectivity index (χ2v) is 5.47. The fourth-order valence-corrected chi connectivity index (χ4v) is 2.66. The van der Waals surface area contributed by atoms with Gasteiger partial charge in [0.1, 0.15) is 16.7 Å². The summed E-state index contributed by atoms with van der Waals surface area (Å²) in [5.41, 5.74) is 6.76. The van der Waals surface area contributed by atoms with E-state index in [2.05, 4.69) is 9.97 Å². The van der Waals surface area contributed by atoms with E-state index in [-0.39, 0.29) is 5.82 Å². The number of halogens is 1. The topological polar surface area (TPSA) is 51.8 Å². The maximum atomic E-state index is 12.9. The molecule has 0 radical (unpaired) electrons. The predicted molar refractivity (Wildman–Crippen MR) is 82.4 cm³/mol. The average Bonchev–Trinajstić information content (AvgIpc) is 2.50. The first kappa shape index (κ1) is 13.6. The molecule has 5 heteroatoms. The molecule has 2 N–H and O–H groups in total. The molecule has 3 rings (SSSR count). The molecule has 0 spiro atoms. The van der Waals surface area contributed by atoms with E-state index in [4.69, 9.17) is 5.73 Å². The van der Waals surface area contributed by atoms with Gasteiger partial charge in [-0.25, -0.2) is 14.4 Å². The first-order valence-corrected chi connectivity index (χ1v) is 7.16. The van der Waals surface area contributed by atoms with Crippen LogP contribution in [0.2, 0.25) is 0 Å². The molecule has 0 fully saturated rings. The van der Waals surface area contributed by atoms with Gasteiger partial charge in [-0.15, -0.1) is 0 Å². The van der Waals surface area contributed by atoms with E-state index in [9.17, 15) is 4.39 Å². The lowest BCUT2D eigenvalue weighted by atomic mass is 10.2. The van der Waals surface area contributed by atoms with E-state index >= 15 is 0 Å². The summed E-state index contributed by atoms with van der Waals surface area (Å²) in [6, 6.07) is 17.6. The number of benzene rings is 2. The third kappa shape index (κ3) is 3.38. The molecule has 1 aromatic heterocycles. The molecular formula is C16H12FN3S. The maximum Gasteiger partial charge on any atom is 0.162 e. The Labute approximate surface area is 126 Å². The first-order chi connectivity index (χ1) is 10.2. The van der Waals surface area contributed by atoms with Crippen LogP contribution in [0.3, 0.4) is 0 Å². The number of rotatable bonds is 3.